The van der Waals surface area contributed by atoms with Crippen molar-refractivity contribution in [2.45, 2.75) is 26.8 Å². The van der Waals surface area contributed by atoms with Gasteiger partial charge in [-0.05, 0) is 50.1 Å². The lowest BCUT2D eigenvalue weighted by Gasteiger charge is -2.23. The molecule has 8 heteroatoms. The molecular formula is C26H26N2O5S. The summed E-state index contributed by atoms with van der Waals surface area (Å²) in [5, 5.41) is 0. The molecule has 1 aromatic heterocycles. The standard InChI is InChI=1S/C26H26N2O5S/c1-5-32-20-12-11-18(14-21(20)33-6-2)23-19(25(30)31-4)15-27-26-28(23)24(29)22(34-26)13-17-9-7-16(3)8-10-17/h7-15,23H,5-6H2,1-4H3/b22-13-/t23-/m1/s1. The van der Waals surface area contributed by atoms with Crippen molar-refractivity contribution in [1.29, 1.82) is 0 Å². The number of hydrogen-bond donors (Lipinski definition) is 0. The van der Waals surface area contributed by atoms with Crippen molar-refractivity contribution in [1.82, 2.24) is 4.57 Å². The number of rotatable bonds is 7. The maximum absolute atomic E-state index is 13.6. The number of nitrogens with zero attached hydrogens (tertiary/aromatic N) is 2. The molecule has 4 rings (SSSR count). The van der Waals surface area contributed by atoms with E-state index in [1.54, 1.807) is 16.7 Å². The van der Waals surface area contributed by atoms with Gasteiger partial charge in [0.1, 0.15) is 0 Å². The molecule has 0 radical (unpaired) electrons. The molecule has 1 atom stereocenters. The van der Waals surface area contributed by atoms with Gasteiger partial charge in [0.2, 0.25) is 0 Å². The third-order valence-corrected chi connectivity index (χ3v) is 6.38. The second kappa shape index (κ2) is 10.1. The van der Waals surface area contributed by atoms with Crippen LogP contribution in [0.5, 0.6) is 11.5 Å². The third kappa shape index (κ3) is 4.54. The summed E-state index contributed by atoms with van der Waals surface area (Å²) in [6, 6.07) is 12.6. The molecule has 0 aliphatic carbocycles. The number of carbonyl (C=O) groups excluding carboxylic acids is 1. The SMILES string of the molecule is CCOc1ccc([C@@H]2C(C(=O)OC)=CN=c3s/c(=C\c4ccc(C)cc4)c(=O)n32)cc1OCC. The first-order valence-electron chi connectivity index (χ1n) is 11.0. The first-order valence-corrected chi connectivity index (χ1v) is 11.8. The van der Waals surface area contributed by atoms with E-state index in [0.29, 0.717) is 39.6 Å². The number of carbonyl (C=O) groups is 1. The number of hydrogen-bond acceptors (Lipinski definition) is 7. The Morgan fingerprint density at radius 2 is 1.79 bits per heavy atom. The van der Waals surface area contributed by atoms with Crippen LogP contribution in [0.1, 0.15) is 36.6 Å². The maximum atomic E-state index is 13.6. The van der Waals surface area contributed by atoms with Gasteiger partial charge in [0, 0.05) is 6.20 Å². The lowest BCUT2D eigenvalue weighted by atomic mass is 9.97. The summed E-state index contributed by atoms with van der Waals surface area (Å²) in [6.07, 6.45) is 3.32. The summed E-state index contributed by atoms with van der Waals surface area (Å²) in [6.45, 7) is 6.73. The molecule has 2 aromatic carbocycles. The van der Waals surface area contributed by atoms with Gasteiger partial charge < -0.3 is 14.2 Å². The van der Waals surface area contributed by atoms with Crippen molar-refractivity contribution in [2.75, 3.05) is 20.3 Å². The van der Waals surface area contributed by atoms with E-state index in [1.807, 2.05) is 57.2 Å². The van der Waals surface area contributed by atoms with E-state index in [2.05, 4.69) is 4.99 Å². The van der Waals surface area contributed by atoms with Crippen LogP contribution in [0.2, 0.25) is 0 Å². The predicted molar refractivity (Wildman–Crippen MR) is 131 cm³/mol. The van der Waals surface area contributed by atoms with Crippen LogP contribution in [0.4, 0.5) is 0 Å². The minimum absolute atomic E-state index is 0.226. The molecular weight excluding hydrogens is 452 g/mol. The quantitative estimate of drug-likeness (QED) is 0.488. The van der Waals surface area contributed by atoms with Gasteiger partial charge >= 0.3 is 5.97 Å². The van der Waals surface area contributed by atoms with E-state index in [0.717, 1.165) is 11.1 Å². The van der Waals surface area contributed by atoms with Crippen LogP contribution in [0.15, 0.2) is 64.0 Å². The predicted octanol–water partition coefficient (Wildman–Crippen LogP) is 3.12. The maximum Gasteiger partial charge on any atom is 0.337 e. The van der Waals surface area contributed by atoms with Crippen LogP contribution >= 0.6 is 11.3 Å². The normalized spacial score (nSPS) is 15.2. The average molecular weight is 479 g/mol. The monoisotopic (exact) mass is 478 g/mol. The highest BCUT2D eigenvalue weighted by molar-refractivity contribution is 7.07. The van der Waals surface area contributed by atoms with Gasteiger partial charge in [-0.1, -0.05) is 47.2 Å². The van der Waals surface area contributed by atoms with Crippen molar-refractivity contribution < 1.29 is 19.0 Å². The van der Waals surface area contributed by atoms with Crippen molar-refractivity contribution in [3.05, 3.63) is 90.6 Å². The zero-order valence-electron chi connectivity index (χ0n) is 19.5. The summed E-state index contributed by atoms with van der Waals surface area (Å²) in [4.78, 5) is 31.1. The molecule has 1 aliphatic heterocycles. The Morgan fingerprint density at radius 3 is 2.47 bits per heavy atom. The van der Waals surface area contributed by atoms with E-state index >= 15 is 0 Å². The zero-order valence-corrected chi connectivity index (χ0v) is 20.3. The Bertz CT molecular complexity index is 1420. The first kappa shape index (κ1) is 23.5. The number of methoxy groups -OCH3 is 1. The summed E-state index contributed by atoms with van der Waals surface area (Å²) < 4.78 is 18.5. The molecule has 0 unspecified atom stereocenters. The molecule has 0 amide bonds. The molecule has 7 nitrogen and oxygen atoms in total. The number of fused-ring (bicyclic) bond motifs is 1. The van der Waals surface area contributed by atoms with Crippen LogP contribution in [0.25, 0.3) is 6.08 Å². The Kier molecular flexibility index (Phi) is 6.98. The Morgan fingerprint density at radius 1 is 1.09 bits per heavy atom. The second-order valence-corrected chi connectivity index (χ2v) is 8.67. The number of ether oxygens (including phenoxy) is 3. The van der Waals surface area contributed by atoms with Gasteiger partial charge in [-0.15, -0.1) is 0 Å². The highest BCUT2D eigenvalue weighted by Gasteiger charge is 2.31. The Balaban J connectivity index is 1.90. The van der Waals surface area contributed by atoms with Crippen molar-refractivity contribution >= 4 is 23.4 Å². The molecule has 3 aromatic rings. The fraction of sp³-hybridized carbons (Fsp3) is 0.269. The fourth-order valence-corrected chi connectivity index (χ4v) is 4.77. The van der Waals surface area contributed by atoms with Gasteiger partial charge in [-0.2, -0.15) is 0 Å². The summed E-state index contributed by atoms with van der Waals surface area (Å²) in [5.74, 6) is 0.599. The molecule has 1 aliphatic rings. The largest absolute Gasteiger partial charge is 0.490 e. The minimum atomic E-state index is -0.709. The van der Waals surface area contributed by atoms with Crippen LogP contribution < -0.4 is 24.4 Å². The molecule has 0 saturated carbocycles. The molecule has 2 heterocycles. The highest BCUT2D eigenvalue weighted by atomic mass is 32.1. The average Bonchev–Trinajstić information content (AvgIpc) is 3.16. The van der Waals surface area contributed by atoms with E-state index in [4.69, 9.17) is 14.2 Å². The number of aromatic nitrogens is 1. The van der Waals surface area contributed by atoms with E-state index in [1.165, 1.54) is 24.6 Å². The molecule has 34 heavy (non-hydrogen) atoms. The van der Waals surface area contributed by atoms with Crippen molar-refractivity contribution in [3.63, 3.8) is 0 Å². The van der Waals surface area contributed by atoms with Crippen LogP contribution in [-0.4, -0.2) is 30.9 Å². The van der Waals surface area contributed by atoms with Gasteiger partial charge in [0.25, 0.3) is 5.56 Å². The van der Waals surface area contributed by atoms with E-state index in [9.17, 15) is 9.59 Å². The Hall–Kier alpha value is -3.65. The lowest BCUT2D eigenvalue weighted by molar-refractivity contribution is -0.136. The number of esters is 1. The fourth-order valence-electron chi connectivity index (χ4n) is 3.80. The summed E-state index contributed by atoms with van der Waals surface area (Å²) in [5.41, 5.74) is 2.79. The number of thiazole rings is 1. The topological polar surface area (TPSA) is 79.1 Å². The number of benzene rings is 2. The van der Waals surface area contributed by atoms with Crippen LogP contribution in [0, 0.1) is 6.92 Å². The van der Waals surface area contributed by atoms with Crippen molar-refractivity contribution in [3.8, 4) is 11.5 Å². The van der Waals surface area contributed by atoms with Gasteiger partial charge in [-0.3, -0.25) is 9.36 Å². The molecule has 0 bridgehead atoms. The summed E-state index contributed by atoms with van der Waals surface area (Å²) in [7, 11) is 1.31. The van der Waals surface area contributed by atoms with Crippen LogP contribution in [-0.2, 0) is 9.53 Å². The minimum Gasteiger partial charge on any atom is -0.490 e. The van der Waals surface area contributed by atoms with Crippen molar-refractivity contribution in [2.24, 2.45) is 4.99 Å². The first-order chi connectivity index (χ1) is 16.5. The lowest BCUT2D eigenvalue weighted by Crippen LogP contribution is -2.39. The molecule has 0 saturated heterocycles. The summed E-state index contributed by atoms with van der Waals surface area (Å²) >= 11 is 1.28. The van der Waals surface area contributed by atoms with Gasteiger partial charge in [-0.25, -0.2) is 9.79 Å². The molecule has 176 valence electrons. The van der Waals surface area contributed by atoms with E-state index in [-0.39, 0.29) is 11.1 Å². The zero-order chi connectivity index (χ0) is 24.2. The molecule has 0 N–H and O–H groups in total. The molecule has 0 spiro atoms. The highest BCUT2D eigenvalue weighted by Crippen LogP contribution is 2.35. The van der Waals surface area contributed by atoms with Gasteiger partial charge in [0.15, 0.2) is 16.3 Å². The third-order valence-electron chi connectivity index (χ3n) is 5.38. The van der Waals surface area contributed by atoms with E-state index < -0.39 is 12.0 Å². The Labute approximate surface area is 201 Å². The second-order valence-electron chi connectivity index (χ2n) is 7.66. The van der Waals surface area contributed by atoms with Crippen LogP contribution in [0.3, 0.4) is 0 Å². The smallest absolute Gasteiger partial charge is 0.337 e. The molecule has 0 fully saturated rings. The van der Waals surface area contributed by atoms with Gasteiger partial charge in [0.05, 0.1) is 36.5 Å². The number of aryl methyl sites for hydroxylation is 1.